The quantitative estimate of drug-likeness (QED) is 0.515. The molecule has 2 atom stereocenters. The molecule has 0 aliphatic heterocycles. The number of thiazole rings is 1. The number of hydrogen-bond donors (Lipinski definition) is 2. The second kappa shape index (κ2) is 8.08. The summed E-state index contributed by atoms with van der Waals surface area (Å²) in [4.78, 5) is 25.7. The molecule has 0 bridgehead atoms. The maximum absolute atomic E-state index is 12.9. The Kier molecular flexibility index (Phi) is 4.98. The van der Waals surface area contributed by atoms with E-state index in [4.69, 9.17) is 0 Å². The van der Waals surface area contributed by atoms with E-state index in [1.54, 1.807) is 18.6 Å². The van der Waals surface area contributed by atoms with E-state index in [2.05, 4.69) is 42.3 Å². The first kappa shape index (κ1) is 18.5. The topological polar surface area (TPSA) is 84.7 Å². The molecule has 2 amide bonds. The molecule has 3 aromatic heterocycles. The summed E-state index contributed by atoms with van der Waals surface area (Å²) in [6, 6.07) is 11.8. The number of carbonyl (C=O) groups is 1. The Hall–Kier alpha value is -3.52. The van der Waals surface area contributed by atoms with Crippen molar-refractivity contribution >= 4 is 22.5 Å². The average molecular weight is 417 g/mol. The van der Waals surface area contributed by atoms with Gasteiger partial charge in [0.15, 0.2) is 5.13 Å². The molecule has 30 heavy (non-hydrogen) atoms. The number of imidazole rings is 1. The van der Waals surface area contributed by atoms with Crippen LogP contribution in [0.2, 0.25) is 0 Å². The van der Waals surface area contributed by atoms with E-state index in [1.807, 2.05) is 42.2 Å². The van der Waals surface area contributed by atoms with Crippen molar-refractivity contribution in [1.29, 1.82) is 0 Å². The molecular formula is C22H20N6OS. The summed E-state index contributed by atoms with van der Waals surface area (Å²) in [5.74, 6) is 0. The maximum Gasteiger partial charge on any atom is 0.321 e. The number of benzene rings is 1. The number of aromatic nitrogens is 4. The van der Waals surface area contributed by atoms with E-state index in [-0.39, 0.29) is 18.1 Å². The lowest BCUT2D eigenvalue weighted by molar-refractivity contribution is 0.239. The fourth-order valence-electron chi connectivity index (χ4n) is 3.96. The number of fused-ring (bicyclic) bond motifs is 1. The zero-order valence-corrected chi connectivity index (χ0v) is 16.9. The molecule has 150 valence electrons. The fraction of sp³-hybridized carbons (Fsp3) is 0.182. The molecule has 2 N–H and O–H groups in total. The van der Waals surface area contributed by atoms with Crippen LogP contribution in [0.1, 0.15) is 29.6 Å². The van der Waals surface area contributed by atoms with Crippen molar-refractivity contribution in [3.05, 3.63) is 84.0 Å². The van der Waals surface area contributed by atoms with E-state index < -0.39 is 0 Å². The Bertz CT molecular complexity index is 1140. The van der Waals surface area contributed by atoms with E-state index in [0.717, 1.165) is 29.7 Å². The molecule has 0 spiro atoms. The highest BCUT2D eigenvalue weighted by Gasteiger charge is 2.31. The third kappa shape index (κ3) is 3.69. The van der Waals surface area contributed by atoms with Gasteiger partial charge in [0, 0.05) is 35.7 Å². The largest absolute Gasteiger partial charge is 0.332 e. The van der Waals surface area contributed by atoms with Gasteiger partial charge in [0.05, 0.1) is 24.1 Å². The standard InChI is InChI=1S/C22H20N6OS/c29-21(27-22-25-18(13-30-22)16-5-3-9-23-12-16)26-20-17-6-2-1-4-15(17)7-8-19(20)28-11-10-24-14-28/h1-6,9-14,19-20H,7-8H2,(H2,25,26,27,29)/t19-,20+/m1/s1. The third-order valence-electron chi connectivity index (χ3n) is 5.36. The number of hydrogen-bond acceptors (Lipinski definition) is 5. The van der Waals surface area contributed by atoms with Crippen LogP contribution in [0.25, 0.3) is 11.3 Å². The van der Waals surface area contributed by atoms with Gasteiger partial charge in [-0.05, 0) is 36.1 Å². The summed E-state index contributed by atoms with van der Waals surface area (Å²) in [7, 11) is 0. The lowest BCUT2D eigenvalue weighted by Gasteiger charge is -2.34. The van der Waals surface area contributed by atoms with E-state index in [0.29, 0.717) is 5.13 Å². The Morgan fingerprint density at radius 2 is 2.07 bits per heavy atom. The highest BCUT2D eigenvalue weighted by molar-refractivity contribution is 7.14. The number of pyridine rings is 1. The van der Waals surface area contributed by atoms with Crippen LogP contribution >= 0.6 is 11.3 Å². The van der Waals surface area contributed by atoms with Gasteiger partial charge in [0.2, 0.25) is 0 Å². The predicted molar refractivity (Wildman–Crippen MR) is 116 cm³/mol. The van der Waals surface area contributed by atoms with Crippen molar-refractivity contribution in [3.63, 3.8) is 0 Å². The van der Waals surface area contributed by atoms with Gasteiger partial charge in [0.25, 0.3) is 0 Å². The number of rotatable bonds is 4. The number of nitrogens with one attached hydrogen (secondary N) is 2. The molecule has 1 aliphatic carbocycles. The van der Waals surface area contributed by atoms with Crippen molar-refractivity contribution in [2.24, 2.45) is 0 Å². The maximum atomic E-state index is 12.9. The van der Waals surface area contributed by atoms with Crippen LogP contribution in [-0.4, -0.2) is 25.6 Å². The molecule has 0 saturated carbocycles. The van der Waals surface area contributed by atoms with E-state index in [9.17, 15) is 4.79 Å². The highest BCUT2D eigenvalue weighted by atomic mass is 32.1. The minimum absolute atomic E-state index is 0.107. The first-order valence-corrected chi connectivity index (χ1v) is 10.6. The molecule has 8 heteroatoms. The van der Waals surface area contributed by atoms with Crippen molar-refractivity contribution in [3.8, 4) is 11.3 Å². The van der Waals surface area contributed by atoms with Crippen LogP contribution in [0.15, 0.2) is 72.9 Å². The van der Waals surface area contributed by atoms with Crippen molar-refractivity contribution in [2.75, 3.05) is 5.32 Å². The summed E-state index contributed by atoms with van der Waals surface area (Å²) in [6.45, 7) is 0. The molecule has 0 unspecified atom stereocenters. The van der Waals surface area contributed by atoms with Gasteiger partial charge in [-0.3, -0.25) is 10.3 Å². The number of nitrogens with zero attached hydrogens (tertiary/aromatic N) is 4. The minimum atomic E-state index is -0.270. The summed E-state index contributed by atoms with van der Waals surface area (Å²) >= 11 is 1.39. The molecule has 3 heterocycles. The molecule has 5 rings (SSSR count). The minimum Gasteiger partial charge on any atom is -0.332 e. The molecule has 1 aliphatic rings. The van der Waals surface area contributed by atoms with E-state index >= 15 is 0 Å². The lowest BCUT2D eigenvalue weighted by atomic mass is 9.84. The molecule has 0 saturated heterocycles. The second-order valence-corrected chi connectivity index (χ2v) is 8.03. The van der Waals surface area contributed by atoms with Gasteiger partial charge in [-0.2, -0.15) is 0 Å². The van der Waals surface area contributed by atoms with E-state index in [1.165, 1.54) is 16.9 Å². The molecule has 1 aromatic carbocycles. The Morgan fingerprint density at radius 1 is 1.13 bits per heavy atom. The Labute approximate surface area is 177 Å². The van der Waals surface area contributed by atoms with Gasteiger partial charge in [0.1, 0.15) is 0 Å². The van der Waals surface area contributed by atoms with Crippen LogP contribution in [0.5, 0.6) is 0 Å². The highest BCUT2D eigenvalue weighted by Crippen LogP contribution is 2.37. The van der Waals surface area contributed by atoms with Gasteiger partial charge in [-0.15, -0.1) is 11.3 Å². The number of aryl methyl sites for hydroxylation is 1. The Morgan fingerprint density at radius 3 is 2.90 bits per heavy atom. The van der Waals surface area contributed by atoms with Gasteiger partial charge < -0.3 is 9.88 Å². The number of amides is 2. The fourth-order valence-corrected chi connectivity index (χ4v) is 4.67. The summed E-state index contributed by atoms with van der Waals surface area (Å²) < 4.78 is 2.07. The first-order chi connectivity index (χ1) is 14.8. The van der Waals surface area contributed by atoms with Crippen LogP contribution in [-0.2, 0) is 6.42 Å². The summed E-state index contributed by atoms with van der Waals surface area (Å²) in [5.41, 5.74) is 4.13. The van der Waals surface area contributed by atoms with Crippen LogP contribution in [0.3, 0.4) is 0 Å². The third-order valence-corrected chi connectivity index (χ3v) is 6.12. The first-order valence-electron chi connectivity index (χ1n) is 9.76. The normalized spacial score (nSPS) is 17.9. The average Bonchev–Trinajstić information content (AvgIpc) is 3.47. The van der Waals surface area contributed by atoms with Crippen molar-refractivity contribution in [2.45, 2.75) is 24.9 Å². The van der Waals surface area contributed by atoms with Crippen molar-refractivity contribution in [1.82, 2.24) is 24.8 Å². The molecule has 0 fully saturated rings. The second-order valence-electron chi connectivity index (χ2n) is 7.17. The van der Waals surface area contributed by atoms with Crippen LogP contribution in [0.4, 0.5) is 9.93 Å². The number of urea groups is 1. The smallest absolute Gasteiger partial charge is 0.321 e. The van der Waals surface area contributed by atoms with Gasteiger partial charge in [-0.1, -0.05) is 24.3 Å². The predicted octanol–water partition coefficient (Wildman–Crippen LogP) is 4.45. The van der Waals surface area contributed by atoms with Gasteiger partial charge in [-0.25, -0.2) is 14.8 Å². The van der Waals surface area contributed by atoms with Crippen molar-refractivity contribution < 1.29 is 4.79 Å². The number of anilines is 1. The summed E-state index contributed by atoms with van der Waals surface area (Å²) in [6.07, 6.45) is 10.9. The SMILES string of the molecule is O=C(Nc1nc(-c2cccnc2)cs1)N[C@H]1c2ccccc2CC[C@H]1n1ccnc1. The lowest BCUT2D eigenvalue weighted by Crippen LogP contribution is -2.39. The zero-order valence-electron chi connectivity index (χ0n) is 16.1. The monoisotopic (exact) mass is 416 g/mol. The summed E-state index contributed by atoms with van der Waals surface area (Å²) in [5, 5.41) is 8.52. The van der Waals surface area contributed by atoms with Gasteiger partial charge >= 0.3 is 6.03 Å². The molecule has 4 aromatic rings. The molecule has 7 nitrogen and oxygen atoms in total. The van der Waals surface area contributed by atoms with Crippen LogP contribution in [0, 0.1) is 0 Å². The Balaban J connectivity index is 1.35. The molecule has 0 radical (unpaired) electrons. The van der Waals surface area contributed by atoms with Crippen LogP contribution < -0.4 is 10.6 Å². The molecular weight excluding hydrogens is 396 g/mol. The number of carbonyl (C=O) groups excluding carboxylic acids is 1. The zero-order chi connectivity index (χ0) is 20.3.